The Morgan fingerprint density at radius 1 is 1.33 bits per heavy atom. The molecule has 4 rings (SSSR count). The quantitative estimate of drug-likeness (QED) is 0.917. The summed E-state index contributed by atoms with van der Waals surface area (Å²) in [5, 5.41) is 4.46. The first kappa shape index (κ1) is 12.9. The van der Waals surface area contributed by atoms with Gasteiger partial charge >= 0.3 is 5.69 Å². The van der Waals surface area contributed by atoms with Gasteiger partial charge in [0.25, 0.3) is 0 Å². The van der Waals surface area contributed by atoms with Crippen LogP contribution in [0.25, 0.3) is 0 Å². The predicted octanol–water partition coefficient (Wildman–Crippen LogP) is 2.74. The number of aromatic nitrogens is 3. The number of H-pyrrole nitrogens is 1. The van der Waals surface area contributed by atoms with Crippen molar-refractivity contribution in [2.24, 2.45) is 11.3 Å². The fourth-order valence-corrected chi connectivity index (χ4v) is 4.03. The lowest BCUT2D eigenvalue weighted by Gasteiger charge is -2.10. The minimum Gasteiger partial charge on any atom is -0.292 e. The summed E-state index contributed by atoms with van der Waals surface area (Å²) in [6.07, 6.45) is 7.31. The van der Waals surface area contributed by atoms with Crippen LogP contribution in [0.3, 0.4) is 0 Å². The minimum absolute atomic E-state index is 0.0625. The van der Waals surface area contributed by atoms with Crippen molar-refractivity contribution in [2.45, 2.75) is 45.1 Å². The van der Waals surface area contributed by atoms with Crippen LogP contribution in [0.5, 0.6) is 0 Å². The fourth-order valence-electron chi connectivity index (χ4n) is 4.03. The van der Waals surface area contributed by atoms with Crippen LogP contribution in [0.15, 0.2) is 35.1 Å². The summed E-state index contributed by atoms with van der Waals surface area (Å²) in [6, 6.07) is 10.1. The van der Waals surface area contributed by atoms with Crippen molar-refractivity contribution in [1.29, 1.82) is 0 Å². The fraction of sp³-hybridized carbons (Fsp3) is 0.529. The first-order chi connectivity index (χ1) is 10.3. The van der Waals surface area contributed by atoms with Gasteiger partial charge in [0.05, 0.1) is 0 Å². The number of nitrogens with zero attached hydrogens (tertiary/aromatic N) is 2. The topological polar surface area (TPSA) is 50.7 Å². The van der Waals surface area contributed by atoms with E-state index in [1.807, 2.05) is 18.2 Å². The van der Waals surface area contributed by atoms with E-state index in [0.29, 0.717) is 11.8 Å². The molecule has 2 atom stereocenters. The Labute approximate surface area is 124 Å². The van der Waals surface area contributed by atoms with Crippen molar-refractivity contribution in [2.75, 3.05) is 0 Å². The average Bonchev–Trinajstić information content (AvgIpc) is 2.85. The van der Waals surface area contributed by atoms with Crippen LogP contribution in [-0.2, 0) is 13.0 Å². The van der Waals surface area contributed by atoms with E-state index in [0.717, 1.165) is 24.7 Å². The molecule has 0 saturated heterocycles. The maximum absolute atomic E-state index is 12.0. The molecule has 1 aromatic carbocycles. The van der Waals surface area contributed by atoms with Gasteiger partial charge in [0.1, 0.15) is 5.82 Å². The van der Waals surface area contributed by atoms with Gasteiger partial charge in [-0.1, -0.05) is 36.8 Å². The Morgan fingerprint density at radius 3 is 2.90 bits per heavy atom. The standard InChI is InChI=1S/C17H21N3O/c21-16-18-15(11-13-5-2-1-3-6-13)19-20(16)10-9-17-8-4-7-14(17)12-17/h1-3,5-6,14H,4,7-12H2,(H,18,19,21)/t14-,17-/m1/s1. The smallest absolute Gasteiger partial charge is 0.292 e. The lowest BCUT2D eigenvalue weighted by atomic mass is 10.00. The van der Waals surface area contributed by atoms with Crippen molar-refractivity contribution in [3.8, 4) is 0 Å². The molecule has 0 radical (unpaired) electrons. The van der Waals surface area contributed by atoms with Gasteiger partial charge in [-0.25, -0.2) is 9.48 Å². The molecular formula is C17H21N3O. The van der Waals surface area contributed by atoms with Crippen molar-refractivity contribution in [3.05, 3.63) is 52.2 Å². The van der Waals surface area contributed by atoms with Gasteiger partial charge in [-0.2, -0.15) is 5.10 Å². The zero-order valence-corrected chi connectivity index (χ0v) is 12.2. The van der Waals surface area contributed by atoms with Gasteiger partial charge in [0.15, 0.2) is 0 Å². The summed E-state index contributed by atoms with van der Waals surface area (Å²) in [7, 11) is 0. The van der Waals surface area contributed by atoms with Crippen LogP contribution < -0.4 is 5.69 Å². The summed E-state index contributed by atoms with van der Waals surface area (Å²) in [5.74, 6) is 1.71. The molecule has 0 unspecified atom stereocenters. The van der Waals surface area contributed by atoms with Crippen LogP contribution in [0.4, 0.5) is 0 Å². The van der Waals surface area contributed by atoms with E-state index in [-0.39, 0.29) is 5.69 Å². The van der Waals surface area contributed by atoms with E-state index in [2.05, 4.69) is 22.2 Å². The molecule has 2 aliphatic carbocycles. The van der Waals surface area contributed by atoms with Crippen LogP contribution >= 0.6 is 0 Å². The third kappa shape index (κ3) is 2.43. The van der Waals surface area contributed by atoms with E-state index in [1.165, 1.54) is 31.2 Å². The number of rotatable bonds is 5. The van der Waals surface area contributed by atoms with Crippen molar-refractivity contribution >= 4 is 0 Å². The molecule has 1 N–H and O–H groups in total. The second kappa shape index (κ2) is 4.86. The summed E-state index contributed by atoms with van der Waals surface area (Å²) in [4.78, 5) is 14.9. The Kier molecular flexibility index (Phi) is 2.98. The Balaban J connectivity index is 1.43. The number of aromatic amines is 1. The third-order valence-electron chi connectivity index (χ3n) is 5.35. The molecule has 110 valence electrons. The number of nitrogens with one attached hydrogen (secondary N) is 1. The van der Waals surface area contributed by atoms with Crippen LogP contribution in [0.1, 0.15) is 43.5 Å². The summed E-state index contributed by atoms with van der Waals surface area (Å²) in [5.41, 5.74) is 1.68. The summed E-state index contributed by atoms with van der Waals surface area (Å²) >= 11 is 0. The van der Waals surface area contributed by atoms with E-state index in [4.69, 9.17) is 0 Å². The SMILES string of the molecule is O=c1[nH]c(Cc2ccccc2)nn1CC[C@@]12CCC[C@@H]1C2. The van der Waals surface area contributed by atoms with E-state index < -0.39 is 0 Å². The molecule has 0 bridgehead atoms. The maximum atomic E-state index is 12.0. The van der Waals surface area contributed by atoms with Gasteiger partial charge in [0, 0.05) is 13.0 Å². The zero-order valence-electron chi connectivity index (χ0n) is 12.2. The highest BCUT2D eigenvalue weighted by Gasteiger charge is 2.55. The zero-order chi connectivity index (χ0) is 14.3. The van der Waals surface area contributed by atoms with Gasteiger partial charge in [-0.3, -0.25) is 4.98 Å². The molecule has 2 aliphatic rings. The normalized spacial score (nSPS) is 26.8. The van der Waals surface area contributed by atoms with Crippen molar-refractivity contribution in [1.82, 2.24) is 14.8 Å². The molecule has 2 saturated carbocycles. The lowest BCUT2D eigenvalue weighted by molar-refractivity contribution is 0.390. The molecule has 2 aromatic rings. The molecule has 4 heteroatoms. The monoisotopic (exact) mass is 283 g/mol. The summed E-state index contributed by atoms with van der Waals surface area (Å²) < 4.78 is 1.63. The second-order valence-corrected chi connectivity index (χ2v) is 6.67. The Hall–Kier alpha value is -1.84. The van der Waals surface area contributed by atoms with Crippen LogP contribution in [0.2, 0.25) is 0 Å². The highest BCUT2D eigenvalue weighted by Crippen LogP contribution is 2.65. The highest BCUT2D eigenvalue weighted by atomic mass is 16.1. The number of fused-ring (bicyclic) bond motifs is 1. The molecule has 0 aliphatic heterocycles. The van der Waals surface area contributed by atoms with Gasteiger partial charge in [-0.15, -0.1) is 0 Å². The number of benzene rings is 1. The molecule has 0 amide bonds. The minimum atomic E-state index is -0.0625. The Bertz CT molecular complexity index is 688. The first-order valence-corrected chi connectivity index (χ1v) is 7.95. The number of hydrogen-bond donors (Lipinski definition) is 1. The van der Waals surface area contributed by atoms with Crippen molar-refractivity contribution < 1.29 is 0 Å². The average molecular weight is 283 g/mol. The first-order valence-electron chi connectivity index (χ1n) is 7.95. The lowest BCUT2D eigenvalue weighted by Crippen LogP contribution is -2.20. The highest BCUT2D eigenvalue weighted by molar-refractivity contribution is 5.18. The van der Waals surface area contributed by atoms with Gasteiger partial charge in [0.2, 0.25) is 0 Å². The van der Waals surface area contributed by atoms with E-state index in [1.54, 1.807) is 4.68 Å². The van der Waals surface area contributed by atoms with E-state index in [9.17, 15) is 4.79 Å². The summed E-state index contributed by atoms with van der Waals surface area (Å²) in [6.45, 7) is 0.765. The molecule has 1 heterocycles. The molecule has 1 aromatic heterocycles. The van der Waals surface area contributed by atoms with Crippen LogP contribution in [-0.4, -0.2) is 14.8 Å². The van der Waals surface area contributed by atoms with E-state index >= 15 is 0 Å². The molecule has 0 spiro atoms. The third-order valence-corrected chi connectivity index (χ3v) is 5.35. The molecular weight excluding hydrogens is 262 g/mol. The molecule has 21 heavy (non-hydrogen) atoms. The van der Waals surface area contributed by atoms with Gasteiger partial charge in [-0.05, 0) is 42.6 Å². The Morgan fingerprint density at radius 2 is 2.19 bits per heavy atom. The molecule has 4 nitrogen and oxygen atoms in total. The van der Waals surface area contributed by atoms with Crippen LogP contribution in [0, 0.1) is 11.3 Å². The van der Waals surface area contributed by atoms with Gasteiger partial charge < -0.3 is 0 Å². The molecule has 2 fully saturated rings. The van der Waals surface area contributed by atoms with Crippen molar-refractivity contribution in [3.63, 3.8) is 0 Å². The number of hydrogen-bond acceptors (Lipinski definition) is 2. The predicted molar refractivity (Wildman–Crippen MR) is 81.1 cm³/mol. The second-order valence-electron chi connectivity index (χ2n) is 6.67. The maximum Gasteiger partial charge on any atom is 0.343 e. The number of aryl methyl sites for hydroxylation is 1. The largest absolute Gasteiger partial charge is 0.343 e.